The second-order valence-corrected chi connectivity index (χ2v) is 10.3. The molecule has 7 heteroatoms. The monoisotopic (exact) mass is 505 g/mol. The first-order chi connectivity index (χ1) is 16.9. The van der Waals surface area contributed by atoms with E-state index in [-0.39, 0.29) is 33.2 Å². The normalized spacial score (nSPS) is 17.5. The molecule has 6 nitrogen and oxygen atoms in total. The van der Waals surface area contributed by atoms with Gasteiger partial charge in [0, 0.05) is 10.6 Å². The van der Waals surface area contributed by atoms with E-state index in [9.17, 15) is 19.8 Å². The third-order valence-electron chi connectivity index (χ3n) is 6.42. The van der Waals surface area contributed by atoms with Crippen LogP contribution in [0.1, 0.15) is 49.1 Å². The number of benzene rings is 3. The first-order valence-electron chi connectivity index (χ1n) is 11.5. The summed E-state index contributed by atoms with van der Waals surface area (Å²) in [5.41, 5.74) is 2.65. The molecule has 0 bridgehead atoms. The number of hydrogen-bond donors (Lipinski definition) is 2. The molecule has 1 amide bonds. The summed E-state index contributed by atoms with van der Waals surface area (Å²) >= 11 is 6.18. The Morgan fingerprint density at radius 1 is 1.00 bits per heavy atom. The largest absolute Gasteiger partial charge is 0.507 e. The summed E-state index contributed by atoms with van der Waals surface area (Å²) in [6.45, 7) is 8.04. The molecule has 1 aliphatic rings. The number of ketones is 1. The quantitative estimate of drug-likeness (QED) is 0.247. The van der Waals surface area contributed by atoms with Crippen molar-refractivity contribution in [3.8, 4) is 11.5 Å². The summed E-state index contributed by atoms with van der Waals surface area (Å²) in [7, 11) is 1.54. The van der Waals surface area contributed by atoms with Gasteiger partial charge in [0.05, 0.1) is 24.4 Å². The Labute approximate surface area is 215 Å². The molecule has 0 aliphatic carbocycles. The van der Waals surface area contributed by atoms with Crippen LogP contribution in [0.25, 0.3) is 5.76 Å². The maximum atomic E-state index is 13.4. The minimum Gasteiger partial charge on any atom is -0.507 e. The molecule has 186 valence electrons. The number of nitrogens with zero attached hydrogens (tertiary/aromatic N) is 1. The highest BCUT2D eigenvalue weighted by Crippen LogP contribution is 2.46. The topological polar surface area (TPSA) is 87.1 Å². The Kier molecular flexibility index (Phi) is 6.58. The molecule has 3 aromatic carbocycles. The van der Waals surface area contributed by atoms with Gasteiger partial charge in [-0.15, -0.1) is 0 Å². The summed E-state index contributed by atoms with van der Waals surface area (Å²) in [6, 6.07) is 15.9. The number of carbonyl (C=O) groups excluding carboxylic acids is 2. The highest BCUT2D eigenvalue weighted by Gasteiger charge is 2.48. The van der Waals surface area contributed by atoms with E-state index >= 15 is 0 Å². The third kappa shape index (κ3) is 4.44. The van der Waals surface area contributed by atoms with Crippen LogP contribution in [-0.2, 0) is 15.0 Å². The summed E-state index contributed by atoms with van der Waals surface area (Å²) < 4.78 is 5.25. The van der Waals surface area contributed by atoms with Crippen molar-refractivity contribution in [3.05, 3.63) is 93.5 Å². The lowest BCUT2D eigenvalue weighted by Crippen LogP contribution is -2.29. The fourth-order valence-electron chi connectivity index (χ4n) is 4.43. The van der Waals surface area contributed by atoms with Crippen LogP contribution in [0, 0.1) is 6.92 Å². The summed E-state index contributed by atoms with van der Waals surface area (Å²) in [6.07, 6.45) is 0. The van der Waals surface area contributed by atoms with Crippen LogP contribution in [-0.4, -0.2) is 29.0 Å². The number of anilines is 1. The molecule has 1 atom stereocenters. The Morgan fingerprint density at radius 2 is 1.67 bits per heavy atom. The van der Waals surface area contributed by atoms with Gasteiger partial charge >= 0.3 is 0 Å². The number of aliphatic hydroxyl groups excluding tert-OH is 1. The number of rotatable bonds is 4. The highest BCUT2D eigenvalue weighted by molar-refractivity contribution is 6.52. The molecule has 1 heterocycles. The van der Waals surface area contributed by atoms with Crippen molar-refractivity contribution in [3.63, 3.8) is 0 Å². The second-order valence-electron chi connectivity index (χ2n) is 9.85. The van der Waals surface area contributed by atoms with Crippen molar-refractivity contribution in [2.75, 3.05) is 12.0 Å². The third-order valence-corrected chi connectivity index (χ3v) is 6.66. The van der Waals surface area contributed by atoms with Gasteiger partial charge in [-0.05, 0) is 65.4 Å². The molecule has 1 aliphatic heterocycles. The van der Waals surface area contributed by atoms with Gasteiger partial charge in [0.15, 0.2) is 0 Å². The van der Waals surface area contributed by atoms with E-state index in [1.807, 2.05) is 24.3 Å². The number of carbonyl (C=O) groups is 2. The van der Waals surface area contributed by atoms with Gasteiger partial charge in [0.2, 0.25) is 0 Å². The number of aryl methyl sites for hydroxylation is 1. The minimum absolute atomic E-state index is 0.0730. The molecule has 3 aromatic rings. The zero-order valence-electron chi connectivity index (χ0n) is 20.8. The Morgan fingerprint density at radius 3 is 2.25 bits per heavy atom. The van der Waals surface area contributed by atoms with Gasteiger partial charge in [0.1, 0.15) is 17.3 Å². The molecule has 0 radical (unpaired) electrons. The molecule has 4 rings (SSSR count). The van der Waals surface area contributed by atoms with E-state index < -0.39 is 17.7 Å². The molecule has 0 saturated carbocycles. The van der Waals surface area contributed by atoms with E-state index in [0.29, 0.717) is 22.4 Å². The number of phenolic OH excluding ortho intramolecular Hbond substituents is 1. The van der Waals surface area contributed by atoms with Crippen molar-refractivity contribution in [1.29, 1.82) is 0 Å². The average molecular weight is 506 g/mol. The number of aromatic hydroxyl groups is 1. The van der Waals surface area contributed by atoms with E-state index in [0.717, 1.165) is 5.56 Å². The van der Waals surface area contributed by atoms with Crippen LogP contribution < -0.4 is 9.64 Å². The Bertz CT molecular complexity index is 1390. The zero-order chi connectivity index (χ0) is 26.4. The van der Waals surface area contributed by atoms with Crippen LogP contribution in [0.5, 0.6) is 11.5 Å². The van der Waals surface area contributed by atoms with Gasteiger partial charge in [-0.25, -0.2) is 0 Å². The van der Waals surface area contributed by atoms with E-state index in [1.165, 1.54) is 23.1 Å². The summed E-state index contributed by atoms with van der Waals surface area (Å²) in [5.74, 6) is -1.64. The van der Waals surface area contributed by atoms with Crippen LogP contribution in [0.4, 0.5) is 5.69 Å². The van der Waals surface area contributed by atoms with Crippen LogP contribution in [0.2, 0.25) is 5.02 Å². The molecule has 1 saturated heterocycles. The van der Waals surface area contributed by atoms with Crippen molar-refractivity contribution in [2.45, 2.75) is 39.2 Å². The molecule has 2 N–H and O–H groups in total. The van der Waals surface area contributed by atoms with Gasteiger partial charge in [-0.1, -0.05) is 56.6 Å². The van der Waals surface area contributed by atoms with Crippen LogP contribution in [0.15, 0.2) is 66.2 Å². The first kappa shape index (κ1) is 25.3. The van der Waals surface area contributed by atoms with Gasteiger partial charge in [-0.3, -0.25) is 14.5 Å². The van der Waals surface area contributed by atoms with Gasteiger partial charge < -0.3 is 14.9 Å². The lowest BCUT2D eigenvalue weighted by molar-refractivity contribution is -0.132. The predicted molar refractivity (Wildman–Crippen MR) is 141 cm³/mol. The molecule has 0 spiro atoms. The number of phenols is 1. The molecular formula is C29H28ClNO5. The molecular weight excluding hydrogens is 478 g/mol. The first-order valence-corrected chi connectivity index (χ1v) is 11.9. The molecule has 0 aromatic heterocycles. The second kappa shape index (κ2) is 9.36. The van der Waals surface area contributed by atoms with Gasteiger partial charge in [0.25, 0.3) is 11.7 Å². The zero-order valence-corrected chi connectivity index (χ0v) is 21.6. The van der Waals surface area contributed by atoms with Crippen molar-refractivity contribution >= 4 is 34.7 Å². The van der Waals surface area contributed by atoms with E-state index in [4.69, 9.17) is 16.3 Å². The summed E-state index contributed by atoms with van der Waals surface area (Å²) in [5, 5.41) is 22.3. The number of ether oxygens (including phenoxy) is 1. The Balaban J connectivity index is 1.97. The molecule has 1 unspecified atom stereocenters. The average Bonchev–Trinajstić information content (AvgIpc) is 3.10. The number of aliphatic hydroxyl groups is 1. The van der Waals surface area contributed by atoms with Crippen molar-refractivity contribution in [1.82, 2.24) is 0 Å². The minimum atomic E-state index is -0.982. The van der Waals surface area contributed by atoms with Crippen LogP contribution in [0.3, 0.4) is 0 Å². The smallest absolute Gasteiger partial charge is 0.300 e. The maximum Gasteiger partial charge on any atom is 0.300 e. The van der Waals surface area contributed by atoms with E-state index in [2.05, 4.69) is 20.8 Å². The standard InChI is InChI=1S/C29H28ClNO5/c1-16-14-20(36-5)11-12-21(16)26(33)24-25(17-6-8-18(9-7-17)29(2,3)4)31(28(35)27(24)34)22-15-19(30)10-13-23(22)32/h6-15,25,32-33H,1-5H3/b26-24-. The van der Waals surface area contributed by atoms with E-state index in [1.54, 1.807) is 32.2 Å². The van der Waals surface area contributed by atoms with Crippen LogP contribution >= 0.6 is 11.6 Å². The highest BCUT2D eigenvalue weighted by atomic mass is 35.5. The maximum absolute atomic E-state index is 13.4. The number of methoxy groups -OCH3 is 1. The fraction of sp³-hybridized carbons (Fsp3) is 0.241. The fourth-order valence-corrected chi connectivity index (χ4v) is 4.59. The lowest BCUT2D eigenvalue weighted by Gasteiger charge is -2.27. The SMILES string of the molecule is COc1ccc(/C(O)=C2/C(=O)C(=O)N(c3cc(Cl)ccc3O)C2c2ccc(C(C)(C)C)cc2)c(C)c1. The number of Topliss-reactive ketones (excluding diaryl/α,β-unsaturated/α-hetero) is 1. The summed E-state index contributed by atoms with van der Waals surface area (Å²) in [4.78, 5) is 28.0. The van der Waals surface area contributed by atoms with Gasteiger partial charge in [-0.2, -0.15) is 0 Å². The number of amides is 1. The Hall–Kier alpha value is -3.77. The van der Waals surface area contributed by atoms with Crippen molar-refractivity contribution < 1.29 is 24.5 Å². The molecule has 1 fully saturated rings. The lowest BCUT2D eigenvalue weighted by atomic mass is 9.85. The van der Waals surface area contributed by atoms with Crippen molar-refractivity contribution in [2.24, 2.45) is 0 Å². The number of halogens is 1. The predicted octanol–water partition coefficient (Wildman–Crippen LogP) is 6.29. The molecule has 36 heavy (non-hydrogen) atoms. The number of hydrogen-bond acceptors (Lipinski definition) is 5.